The van der Waals surface area contributed by atoms with E-state index in [0.717, 1.165) is 74.5 Å². The monoisotopic (exact) mass is 710 g/mol. The van der Waals surface area contributed by atoms with Crippen LogP contribution in [0.5, 0.6) is 11.5 Å². The lowest BCUT2D eigenvalue weighted by Gasteiger charge is -2.32. The Morgan fingerprint density at radius 3 is 1.26 bits per heavy atom. The number of amides is 2. The van der Waals surface area contributed by atoms with Crippen molar-refractivity contribution in [1.29, 1.82) is 0 Å². The van der Waals surface area contributed by atoms with Gasteiger partial charge in [-0.3, -0.25) is 9.59 Å². The van der Waals surface area contributed by atoms with Gasteiger partial charge in [0.2, 0.25) is 0 Å². The predicted octanol–water partition coefficient (Wildman–Crippen LogP) is 9.02. The average Bonchev–Trinajstić information content (AvgIpc) is 3.18. The van der Waals surface area contributed by atoms with Gasteiger partial charge < -0.3 is 19.3 Å². The van der Waals surface area contributed by atoms with E-state index in [2.05, 4.69) is 60.7 Å². The highest BCUT2D eigenvalue weighted by Gasteiger charge is 2.27. The highest BCUT2D eigenvalue weighted by molar-refractivity contribution is 7.98. The molecule has 0 atom stereocenters. The zero-order valence-corrected chi connectivity index (χ0v) is 31.4. The van der Waals surface area contributed by atoms with Crippen molar-refractivity contribution in [3.63, 3.8) is 0 Å². The Morgan fingerprint density at radius 2 is 0.940 bits per heavy atom. The summed E-state index contributed by atoms with van der Waals surface area (Å²) in [6.45, 7) is 3.29. The number of carbonyl (C=O) groups excluding carboxylic acids is 2. The molecule has 50 heavy (non-hydrogen) atoms. The van der Waals surface area contributed by atoms with Crippen LogP contribution < -0.4 is 9.47 Å². The molecule has 2 heterocycles. The fourth-order valence-corrected chi connectivity index (χ4v) is 7.72. The molecule has 4 aromatic carbocycles. The molecule has 0 aromatic heterocycles. The topological polar surface area (TPSA) is 59.1 Å². The van der Waals surface area contributed by atoms with E-state index in [1.165, 1.54) is 11.1 Å². The van der Waals surface area contributed by atoms with Crippen LogP contribution in [0, 0.1) is 11.8 Å². The van der Waals surface area contributed by atoms with Gasteiger partial charge in [-0.25, -0.2) is 0 Å². The minimum Gasteiger partial charge on any atom is -0.496 e. The van der Waals surface area contributed by atoms with Crippen molar-refractivity contribution < 1.29 is 19.1 Å². The van der Waals surface area contributed by atoms with Crippen molar-refractivity contribution >= 4 is 35.3 Å². The lowest BCUT2D eigenvalue weighted by molar-refractivity contribution is 0.0679. The molecule has 0 radical (unpaired) electrons. The second-order valence-corrected chi connectivity index (χ2v) is 14.7. The summed E-state index contributed by atoms with van der Waals surface area (Å²) in [6.07, 6.45) is 10.5. The number of nitrogens with zero attached hydrogens (tertiary/aromatic N) is 2. The summed E-state index contributed by atoms with van der Waals surface area (Å²) in [5, 5.41) is 0. The number of thioether (sulfide) groups is 2. The summed E-state index contributed by atoms with van der Waals surface area (Å²) in [5.74, 6) is 2.83. The number of hydrogen-bond donors (Lipinski definition) is 0. The van der Waals surface area contributed by atoms with E-state index in [4.69, 9.17) is 9.47 Å². The van der Waals surface area contributed by atoms with Crippen molar-refractivity contribution in [3.8, 4) is 11.5 Å². The maximum absolute atomic E-state index is 12.9. The summed E-state index contributed by atoms with van der Waals surface area (Å²) in [7, 11) is 3.25. The highest BCUT2D eigenvalue weighted by atomic mass is 32.2. The number of carbonyl (C=O) groups is 2. The Kier molecular flexibility index (Phi) is 14.1. The standard InChI is InChI=1S/2C21H25NO2S/c2*1-24-20-15-18(25-2)8-9-19(20)21(23)22-12-10-17(11-13-22)14-16-6-4-3-5-7-16/h2*3-9,15,17H,10-14H2,1-2H3. The molecule has 6 nitrogen and oxygen atoms in total. The third-order valence-corrected chi connectivity index (χ3v) is 11.3. The van der Waals surface area contributed by atoms with Crippen LogP contribution in [0.3, 0.4) is 0 Å². The molecule has 264 valence electrons. The molecule has 4 aromatic rings. The minimum absolute atomic E-state index is 0.0858. The summed E-state index contributed by atoms with van der Waals surface area (Å²) >= 11 is 3.30. The third-order valence-electron chi connectivity index (χ3n) is 9.82. The van der Waals surface area contributed by atoms with E-state index in [1.54, 1.807) is 37.7 Å². The molecule has 0 saturated carbocycles. The maximum atomic E-state index is 12.9. The van der Waals surface area contributed by atoms with E-state index < -0.39 is 0 Å². The molecule has 0 unspecified atom stereocenters. The van der Waals surface area contributed by atoms with Gasteiger partial charge in [0.15, 0.2) is 0 Å². The molecule has 0 N–H and O–H groups in total. The summed E-state index contributed by atoms with van der Waals surface area (Å²) in [4.78, 5) is 31.9. The summed E-state index contributed by atoms with van der Waals surface area (Å²) in [6, 6.07) is 32.9. The van der Waals surface area contributed by atoms with Gasteiger partial charge in [-0.2, -0.15) is 0 Å². The van der Waals surface area contributed by atoms with E-state index >= 15 is 0 Å². The van der Waals surface area contributed by atoms with Gasteiger partial charge in [-0.1, -0.05) is 60.7 Å². The first kappa shape index (κ1) is 37.4. The molecule has 2 aliphatic heterocycles. The fourth-order valence-electron chi connectivity index (χ4n) is 6.87. The van der Waals surface area contributed by atoms with Gasteiger partial charge in [0.1, 0.15) is 11.5 Å². The Morgan fingerprint density at radius 1 is 0.580 bits per heavy atom. The van der Waals surface area contributed by atoms with E-state index in [0.29, 0.717) is 34.5 Å². The molecular weight excluding hydrogens is 661 g/mol. The number of ether oxygens (including phenoxy) is 2. The van der Waals surface area contributed by atoms with Gasteiger partial charge in [0.25, 0.3) is 11.8 Å². The first-order valence-electron chi connectivity index (χ1n) is 17.5. The summed E-state index contributed by atoms with van der Waals surface area (Å²) in [5.41, 5.74) is 4.12. The molecule has 2 amide bonds. The SMILES string of the molecule is COc1cc(SC)ccc1C(=O)N1CCC(Cc2ccccc2)CC1.COc1cc(SC)ccc1C(=O)N1CCC(Cc2ccccc2)CC1. The van der Waals surface area contributed by atoms with Crippen LogP contribution in [-0.2, 0) is 12.8 Å². The van der Waals surface area contributed by atoms with Crippen molar-refractivity contribution in [2.45, 2.75) is 48.3 Å². The van der Waals surface area contributed by atoms with Crippen LogP contribution in [0.15, 0.2) is 107 Å². The smallest absolute Gasteiger partial charge is 0.257 e. The lowest BCUT2D eigenvalue weighted by Crippen LogP contribution is -2.39. The zero-order valence-electron chi connectivity index (χ0n) is 29.8. The van der Waals surface area contributed by atoms with Gasteiger partial charge in [-0.15, -0.1) is 23.5 Å². The van der Waals surface area contributed by atoms with Gasteiger partial charge in [0.05, 0.1) is 25.3 Å². The molecule has 6 rings (SSSR count). The average molecular weight is 711 g/mol. The van der Waals surface area contributed by atoms with Gasteiger partial charge in [0, 0.05) is 36.0 Å². The molecular formula is C42H50N2O4S2. The Balaban J connectivity index is 0.000000194. The Hall–Kier alpha value is -3.88. The van der Waals surface area contributed by atoms with Crippen LogP contribution in [0.1, 0.15) is 57.5 Å². The van der Waals surface area contributed by atoms with Crippen LogP contribution in [0.25, 0.3) is 0 Å². The van der Waals surface area contributed by atoms with Crippen molar-refractivity contribution in [3.05, 3.63) is 119 Å². The Labute approximate surface area is 306 Å². The quantitative estimate of drug-likeness (QED) is 0.153. The molecule has 0 aliphatic carbocycles. The highest BCUT2D eigenvalue weighted by Crippen LogP contribution is 2.30. The van der Waals surface area contributed by atoms with Crippen molar-refractivity contribution in [2.24, 2.45) is 11.8 Å². The first-order valence-corrected chi connectivity index (χ1v) is 20.0. The Bertz CT molecular complexity index is 1540. The molecule has 2 aliphatic rings. The van der Waals surface area contributed by atoms with Gasteiger partial charge >= 0.3 is 0 Å². The maximum Gasteiger partial charge on any atom is 0.257 e. The molecule has 0 bridgehead atoms. The van der Waals surface area contributed by atoms with Crippen LogP contribution in [0.4, 0.5) is 0 Å². The minimum atomic E-state index is 0.0858. The van der Waals surface area contributed by atoms with Crippen molar-refractivity contribution in [1.82, 2.24) is 9.80 Å². The number of piperidine rings is 2. The first-order chi connectivity index (χ1) is 24.4. The largest absolute Gasteiger partial charge is 0.496 e. The predicted molar refractivity (Wildman–Crippen MR) is 207 cm³/mol. The zero-order chi connectivity index (χ0) is 35.3. The van der Waals surface area contributed by atoms with E-state index in [-0.39, 0.29) is 11.8 Å². The van der Waals surface area contributed by atoms with Crippen LogP contribution in [-0.4, -0.2) is 74.5 Å². The van der Waals surface area contributed by atoms with Crippen LogP contribution in [0.2, 0.25) is 0 Å². The molecule has 8 heteroatoms. The lowest BCUT2D eigenvalue weighted by atomic mass is 9.90. The van der Waals surface area contributed by atoms with Gasteiger partial charge in [-0.05, 0) is 110 Å². The molecule has 0 spiro atoms. The van der Waals surface area contributed by atoms with Crippen molar-refractivity contribution in [2.75, 3.05) is 52.9 Å². The number of rotatable bonds is 10. The second kappa shape index (κ2) is 18.9. The summed E-state index contributed by atoms with van der Waals surface area (Å²) < 4.78 is 10.9. The number of likely N-dealkylation sites (tertiary alicyclic amines) is 2. The normalized spacial score (nSPS) is 15.2. The van der Waals surface area contributed by atoms with E-state index in [9.17, 15) is 9.59 Å². The van der Waals surface area contributed by atoms with Crippen LogP contribution >= 0.6 is 23.5 Å². The fraction of sp³-hybridized carbons (Fsp3) is 0.381. The van der Waals surface area contributed by atoms with E-state index in [1.807, 2.05) is 58.7 Å². The molecule has 2 fully saturated rings. The molecule has 2 saturated heterocycles. The third kappa shape index (κ3) is 10.1. The second-order valence-electron chi connectivity index (χ2n) is 13.0. The number of hydrogen-bond acceptors (Lipinski definition) is 6. The number of benzene rings is 4. The number of methoxy groups -OCH3 is 2.